The number of carbonyl (C=O) groups is 1. The molecule has 2 fully saturated rings. The first-order chi connectivity index (χ1) is 13.5. The zero-order chi connectivity index (χ0) is 19.8. The molecule has 0 N–H and O–H groups in total. The SMILES string of the molecule is CCOC(=O)N1CCN(c2c(F)ccc3c2c(=O)c(C#N)cn3C2CC2)CC1. The van der Waals surface area contributed by atoms with E-state index in [9.17, 15) is 19.2 Å². The van der Waals surface area contributed by atoms with Gasteiger partial charge in [0.15, 0.2) is 0 Å². The molecule has 0 unspecified atom stereocenters. The van der Waals surface area contributed by atoms with Gasteiger partial charge in [0.2, 0.25) is 5.43 Å². The highest BCUT2D eigenvalue weighted by Gasteiger charge is 2.29. The molecule has 1 aromatic heterocycles. The number of nitrogens with zero attached hydrogens (tertiary/aromatic N) is 4. The van der Waals surface area contributed by atoms with Gasteiger partial charge in [0.05, 0.1) is 23.2 Å². The maximum atomic E-state index is 14.9. The molecular weight excluding hydrogens is 363 g/mol. The van der Waals surface area contributed by atoms with Crippen molar-refractivity contribution in [1.82, 2.24) is 9.47 Å². The third kappa shape index (κ3) is 3.07. The fourth-order valence-corrected chi connectivity index (χ4v) is 3.77. The zero-order valence-corrected chi connectivity index (χ0v) is 15.7. The topological polar surface area (TPSA) is 78.6 Å². The quantitative estimate of drug-likeness (QED) is 0.813. The van der Waals surface area contributed by atoms with Crippen molar-refractivity contribution in [2.45, 2.75) is 25.8 Å². The van der Waals surface area contributed by atoms with Crippen LogP contribution in [0, 0.1) is 17.1 Å². The predicted octanol–water partition coefficient (Wildman–Crippen LogP) is 2.63. The fraction of sp³-hybridized carbons (Fsp3) is 0.450. The highest BCUT2D eigenvalue weighted by Crippen LogP contribution is 2.39. The maximum absolute atomic E-state index is 14.9. The first-order valence-electron chi connectivity index (χ1n) is 9.49. The highest BCUT2D eigenvalue weighted by molar-refractivity contribution is 5.93. The smallest absolute Gasteiger partial charge is 0.409 e. The molecule has 2 heterocycles. The summed E-state index contributed by atoms with van der Waals surface area (Å²) in [7, 11) is 0. The van der Waals surface area contributed by atoms with Crippen molar-refractivity contribution >= 4 is 22.7 Å². The standard InChI is InChI=1S/C20H21FN4O3/c1-2-28-20(27)24-9-7-23(8-10-24)18-15(21)5-6-16-17(18)19(26)13(11-22)12-25(16)14-3-4-14/h5-6,12,14H,2-4,7-10H2,1H3. The minimum absolute atomic E-state index is 0.0245. The summed E-state index contributed by atoms with van der Waals surface area (Å²) in [6.07, 6.45) is 3.16. The molecule has 1 aliphatic carbocycles. The molecule has 0 radical (unpaired) electrons. The second kappa shape index (κ2) is 7.15. The molecule has 0 atom stereocenters. The Balaban J connectivity index is 1.77. The normalized spacial score (nSPS) is 16.9. The molecule has 146 valence electrons. The van der Waals surface area contributed by atoms with Crippen LogP contribution < -0.4 is 10.3 Å². The summed E-state index contributed by atoms with van der Waals surface area (Å²) in [5, 5.41) is 9.64. The van der Waals surface area contributed by atoms with Crippen molar-refractivity contribution in [3.63, 3.8) is 0 Å². The van der Waals surface area contributed by atoms with Gasteiger partial charge in [-0.2, -0.15) is 5.26 Å². The van der Waals surface area contributed by atoms with E-state index < -0.39 is 11.2 Å². The number of aromatic nitrogens is 1. The van der Waals surface area contributed by atoms with E-state index >= 15 is 0 Å². The van der Waals surface area contributed by atoms with E-state index in [0.29, 0.717) is 38.3 Å². The summed E-state index contributed by atoms with van der Waals surface area (Å²) in [6, 6.07) is 5.19. The predicted molar refractivity (Wildman–Crippen MR) is 102 cm³/mol. The lowest BCUT2D eigenvalue weighted by Gasteiger charge is -2.36. The van der Waals surface area contributed by atoms with Gasteiger partial charge in [-0.25, -0.2) is 9.18 Å². The van der Waals surface area contributed by atoms with Gasteiger partial charge in [0.1, 0.15) is 17.4 Å². The molecule has 2 aromatic rings. The Labute approximate surface area is 161 Å². The van der Waals surface area contributed by atoms with Gasteiger partial charge in [0.25, 0.3) is 0 Å². The van der Waals surface area contributed by atoms with E-state index in [1.165, 1.54) is 6.07 Å². The van der Waals surface area contributed by atoms with Crippen LogP contribution in [0.1, 0.15) is 31.4 Å². The van der Waals surface area contributed by atoms with Gasteiger partial charge >= 0.3 is 6.09 Å². The van der Waals surface area contributed by atoms with Crippen LogP contribution in [0.2, 0.25) is 0 Å². The Hall–Kier alpha value is -3.08. The number of rotatable bonds is 3. The van der Waals surface area contributed by atoms with Crippen LogP contribution in [-0.4, -0.2) is 48.3 Å². The van der Waals surface area contributed by atoms with Gasteiger partial charge in [-0.1, -0.05) is 0 Å². The summed E-state index contributed by atoms with van der Waals surface area (Å²) >= 11 is 0. The van der Waals surface area contributed by atoms with Crippen molar-refractivity contribution in [3.8, 4) is 6.07 Å². The van der Waals surface area contributed by atoms with E-state index in [0.717, 1.165) is 12.8 Å². The van der Waals surface area contributed by atoms with Crippen LogP contribution in [0.4, 0.5) is 14.9 Å². The number of pyridine rings is 1. The van der Waals surface area contributed by atoms with Crippen LogP contribution in [0.25, 0.3) is 10.9 Å². The Bertz CT molecular complexity index is 1030. The van der Waals surface area contributed by atoms with E-state index in [4.69, 9.17) is 4.74 Å². The van der Waals surface area contributed by atoms with Crippen LogP contribution in [0.3, 0.4) is 0 Å². The van der Waals surface area contributed by atoms with E-state index in [1.54, 1.807) is 29.0 Å². The number of benzene rings is 1. The molecule has 1 saturated carbocycles. The molecule has 8 heteroatoms. The average molecular weight is 384 g/mol. The largest absolute Gasteiger partial charge is 0.450 e. The lowest BCUT2D eigenvalue weighted by atomic mass is 10.1. The van der Waals surface area contributed by atoms with E-state index in [1.807, 2.05) is 10.6 Å². The number of nitriles is 1. The van der Waals surface area contributed by atoms with Crippen LogP contribution in [0.5, 0.6) is 0 Å². The molecule has 0 bridgehead atoms. The molecule has 0 spiro atoms. The Morgan fingerprint density at radius 1 is 1.29 bits per heavy atom. The first kappa shape index (κ1) is 18.3. The molecule has 1 amide bonds. The van der Waals surface area contributed by atoms with Gasteiger partial charge in [-0.3, -0.25) is 4.79 Å². The number of piperazine rings is 1. The Morgan fingerprint density at radius 2 is 2.00 bits per heavy atom. The van der Waals surface area contributed by atoms with Crippen molar-refractivity contribution in [2.75, 3.05) is 37.7 Å². The zero-order valence-electron chi connectivity index (χ0n) is 15.7. The minimum Gasteiger partial charge on any atom is -0.450 e. The number of anilines is 1. The lowest BCUT2D eigenvalue weighted by Crippen LogP contribution is -2.49. The first-order valence-corrected chi connectivity index (χ1v) is 9.49. The number of carbonyl (C=O) groups excluding carboxylic acids is 1. The second-order valence-corrected chi connectivity index (χ2v) is 7.09. The summed E-state index contributed by atoms with van der Waals surface area (Å²) in [6.45, 7) is 3.57. The second-order valence-electron chi connectivity index (χ2n) is 7.09. The average Bonchev–Trinajstić information content (AvgIpc) is 3.54. The number of halogens is 1. The summed E-state index contributed by atoms with van der Waals surface area (Å²) in [5.41, 5.74) is 0.446. The third-order valence-corrected chi connectivity index (χ3v) is 5.31. The van der Waals surface area contributed by atoms with E-state index in [-0.39, 0.29) is 28.8 Å². The van der Waals surface area contributed by atoms with Gasteiger partial charge in [-0.05, 0) is 31.9 Å². The van der Waals surface area contributed by atoms with Crippen molar-refractivity contribution in [2.24, 2.45) is 0 Å². The molecular formula is C20H21FN4O3. The maximum Gasteiger partial charge on any atom is 0.409 e. The number of ether oxygens (including phenoxy) is 1. The molecule has 28 heavy (non-hydrogen) atoms. The molecule has 4 rings (SSSR count). The van der Waals surface area contributed by atoms with E-state index in [2.05, 4.69) is 0 Å². The van der Waals surface area contributed by atoms with Crippen LogP contribution >= 0.6 is 0 Å². The fourth-order valence-electron chi connectivity index (χ4n) is 3.77. The number of hydrogen-bond donors (Lipinski definition) is 0. The molecule has 1 saturated heterocycles. The Morgan fingerprint density at radius 3 is 2.61 bits per heavy atom. The number of hydrogen-bond acceptors (Lipinski definition) is 5. The van der Waals surface area contributed by atoms with Crippen LogP contribution in [-0.2, 0) is 4.74 Å². The van der Waals surface area contributed by atoms with Crippen LogP contribution in [0.15, 0.2) is 23.1 Å². The molecule has 1 aliphatic heterocycles. The third-order valence-electron chi connectivity index (χ3n) is 5.31. The van der Waals surface area contributed by atoms with Crippen molar-refractivity contribution < 1.29 is 13.9 Å². The minimum atomic E-state index is -0.494. The highest BCUT2D eigenvalue weighted by atomic mass is 19.1. The lowest BCUT2D eigenvalue weighted by molar-refractivity contribution is 0.105. The van der Waals surface area contributed by atoms with Gasteiger partial charge in [-0.15, -0.1) is 0 Å². The molecule has 2 aliphatic rings. The molecule has 7 nitrogen and oxygen atoms in total. The summed E-state index contributed by atoms with van der Waals surface area (Å²) in [5.74, 6) is -0.494. The number of amides is 1. The summed E-state index contributed by atoms with van der Waals surface area (Å²) in [4.78, 5) is 28.2. The number of fused-ring (bicyclic) bond motifs is 1. The van der Waals surface area contributed by atoms with Gasteiger partial charge in [0, 0.05) is 38.4 Å². The summed E-state index contributed by atoms with van der Waals surface area (Å²) < 4.78 is 21.8. The van der Waals surface area contributed by atoms with Crippen molar-refractivity contribution in [1.29, 1.82) is 5.26 Å². The van der Waals surface area contributed by atoms with Gasteiger partial charge < -0.3 is 19.1 Å². The molecule has 1 aromatic carbocycles. The van der Waals surface area contributed by atoms with Crippen molar-refractivity contribution in [3.05, 3.63) is 39.9 Å². The Kier molecular flexibility index (Phi) is 4.67. The monoisotopic (exact) mass is 384 g/mol.